The molecule has 1 saturated carbocycles. The van der Waals surface area contributed by atoms with Gasteiger partial charge in [-0.1, -0.05) is 0 Å². The van der Waals surface area contributed by atoms with Crippen LogP contribution < -0.4 is 10.6 Å². The molecule has 2 rings (SSSR count). The highest BCUT2D eigenvalue weighted by atomic mass is 35.5. The molecule has 0 radical (unpaired) electrons. The van der Waals surface area contributed by atoms with Gasteiger partial charge in [0.05, 0.1) is 12.5 Å². The summed E-state index contributed by atoms with van der Waals surface area (Å²) in [5.41, 5.74) is 0. The van der Waals surface area contributed by atoms with Crippen molar-refractivity contribution in [1.29, 1.82) is 0 Å². The molecule has 1 aliphatic carbocycles. The molecule has 9 heteroatoms. The zero-order valence-corrected chi connectivity index (χ0v) is 16.5. The number of piperidine rings is 1. The van der Waals surface area contributed by atoms with Crippen LogP contribution >= 0.6 is 12.4 Å². The minimum absolute atomic E-state index is 0. The van der Waals surface area contributed by atoms with Crippen LogP contribution in [0.2, 0.25) is 0 Å². The van der Waals surface area contributed by atoms with Gasteiger partial charge in [0.1, 0.15) is 0 Å². The molecule has 146 valence electrons. The van der Waals surface area contributed by atoms with E-state index in [4.69, 9.17) is 4.74 Å². The lowest BCUT2D eigenvalue weighted by Crippen LogP contribution is -2.59. The van der Waals surface area contributed by atoms with E-state index in [9.17, 15) is 18.0 Å². The Morgan fingerprint density at radius 3 is 2.20 bits per heavy atom. The van der Waals surface area contributed by atoms with Crippen LogP contribution in [-0.2, 0) is 24.2 Å². The van der Waals surface area contributed by atoms with Crippen LogP contribution in [0.4, 0.5) is 0 Å². The third kappa shape index (κ3) is 5.08. The second kappa shape index (κ2) is 9.19. The van der Waals surface area contributed by atoms with Gasteiger partial charge in [-0.2, -0.15) is 0 Å². The van der Waals surface area contributed by atoms with Gasteiger partial charge in [-0.05, 0) is 58.5 Å². The first kappa shape index (κ1) is 22.2. The van der Waals surface area contributed by atoms with Crippen LogP contribution in [-0.4, -0.2) is 57.0 Å². The Kier molecular flexibility index (Phi) is 8.15. The maximum absolute atomic E-state index is 12.7. The number of amides is 1. The van der Waals surface area contributed by atoms with Gasteiger partial charge in [0.25, 0.3) is 0 Å². The SMILES string of the molecule is CCOC(=O)C1CCC(NC(=O)C2(S(C)(=O)=O)CCNCC2)CC1.Cl. The van der Waals surface area contributed by atoms with Gasteiger partial charge in [-0.25, -0.2) is 8.42 Å². The van der Waals surface area contributed by atoms with Crippen LogP contribution in [0, 0.1) is 5.92 Å². The van der Waals surface area contributed by atoms with E-state index >= 15 is 0 Å². The van der Waals surface area contributed by atoms with Crippen molar-refractivity contribution in [3.63, 3.8) is 0 Å². The zero-order valence-electron chi connectivity index (χ0n) is 14.9. The first-order chi connectivity index (χ1) is 11.3. The molecule has 0 spiro atoms. The van der Waals surface area contributed by atoms with Gasteiger partial charge in [0.15, 0.2) is 14.6 Å². The Balaban J connectivity index is 0.00000312. The molecule has 1 amide bonds. The molecule has 2 aliphatic rings. The molecule has 7 nitrogen and oxygen atoms in total. The van der Waals surface area contributed by atoms with Crippen molar-refractivity contribution in [2.75, 3.05) is 26.0 Å². The third-order valence-electron chi connectivity index (χ3n) is 5.22. The second-order valence-corrected chi connectivity index (χ2v) is 9.12. The summed E-state index contributed by atoms with van der Waals surface area (Å²) in [7, 11) is -3.50. The Morgan fingerprint density at radius 1 is 1.16 bits per heavy atom. The van der Waals surface area contributed by atoms with Crippen molar-refractivity contribution >= 4 is 34.1 Å². The van der Waals surface area contributed by atoms with Gasteiger partial charge in [0, 0.05) is 12.3 Å². The topological polar surface area (TPSA) is 102 Å². The van der Waals surface area contributed by atoms with E-state index < -0.39 is 14.6 Å². The smallest absolute Gasteiger partial charge is 0.308 e. The first-order valence-corrected chi connectivity index (χ1v) is 10.6. The lowest BCUT2D eigenvalue weighted by molar-refractivity contribution is -0.149. The molecule has 0 aromatic carbocycles. The number of sulfone groups is 1. The van der Waals surface area contributed by atoms with E-state index in [-0.39, 0.29) is 36.2 Å². The highest BCUT2D eigenvalue weighted by molar-refractivity contribution is 7.92. The van der Waals surface area contributed by atoms with Crippen LogP contribution in [0.5, 0.6) is 0 Å². The zero-order chi connectivity index (χ0) is 17.8. The first-order valence-electron chi connectivity index (χ1n) is 8.68. The molecule has 0 bridgehead atoms. The summed E-state index contributed by atoms with van der Waals surface area (Å²) in [6.45, 7) is 3.21. The molecule has 1 aliphatic heterocycles. The van der Waals surface area contributed by atoms with Crippen molar-refractivity contribution in [3.8, 4) is 0 Å². The number of hydrogen-bond donors (Lipinski definition) is 2. The minimum atomic E-state index is -3.50. The summed E-state index contributed by atoms with van der Waals surface area (Å²) in [5, 5.41) is 6.03. The maximum Gasteiger partial charge on any atom is 0.308 e. The van der Waals surface area contributed by atoms with Crippen LogP contribution in [0.15, 0.2) is 0 Å². The summed E-state index contributed by atoms with van der Waals surface area (Å²) >= 11 is 0. The minimum Gasteiger partial charge on any atom is -0.466 e. The van der Waals surface area contributed by atoms with Crippen LogP contribution in [0.3, 0.4) is 0 Å². The van der Waals surface area contributed by atoms with E-state index in [0.29, 0.717) is 58.2 Å². The number of nitrogens with one attached hydrogen (secondary N) is 2. The summed E-state index contributed by atoms with van der Waals surface area (Å²) in [5.74, 6) is -0.667. The number of halogens is 1. The van der Waals surface area contributed by atoms with Crippen LogP contribution in [0.25, 0.3) is 0 Å². The van der Waals surface area contributed by atoms with Crippen molar-refractivity contribution in [3.05, 3.63) is 0 Å². The third-order valence-corrected chi connectivity index (χ3v) is 7.23. The predicted molar refractivity (Wildman–Crippen MR) is 97.4 cm³/mol. The van der Waals surface area contributed by atoms with E-state index in [1.807, 2.05) is 0 Å². The summed E-state index contributed by atoms with van der Waals surface area (Å²) in [4.78, 5) is 24.5. The van der Waals surface area contributed by atoms with E-state index in [2.05, 4.69) is 10.6 Å². The summed E-state index contributed by atoms with van der Waals surface area (Å²) in [6.07, 6.45) is 4.43. The van der Waals surface area contributed by atoms with Crippen LogP contribution in [0.1, 0.15) is 45.4 Å². The van der Waals surface area contributed by atoms with E-state index in [1.165, 1.54) is 0 Å². The normalized spacial score (nSPS) is 26.2. The monoisotopic (exact) mass is 396 g/mol. The van der Waals surface area contributed by atoms with E-state index in [0.717, 1.165) is 6.26 Å². The quantitative estimate of drug-likeness (QED) is 0.667. The lowest BCUT2D eigenvalue weighted by atomic mass is 9.85. The molecule has 1 saturated heterocycles. The fraction of sp³-hybridized carbons (Fsp3) is 0.875. The Morgan fingerprint density at radius 2 is 1.72 bits per heavy atom. The largest absolute Gasteiger partial charge is 0.466 e. The van der Waals surface area contributed by atoms with Gasteiger partial charge >= 0.3 is 5.97 Å². The van der Waals surface area contributed by atoms with Gasteiger partial charge in [-0.3, -0.25) is 9.59 Å². The Hall–Kier alpha value is -0.860. The fourth-order valence-corrected chi connectivity index (χ4v) is 4.99. The fourth-order valence-electron chi connectivity index (χ4n) is 3.65. The van der Waals surface area contributed by atoms with Crippen molar-refractivity contribution in [1.82, 2.24) is 10.6 Å². The summed E-state index contributed by atoms with van der Waals surface area (Å²) < 4.78 is 28.2. The highest BCUT2D eigenvalue weighted by Crippen LogP contribution is 2.30. The lowest BCUT2D eigenvalue weighted by Gasteiger charge is -2.36. The standard InChI is InChI=1S/C16H28N2O5S.ClH/c1-3-23-14(19)12-4-6-13(7-5-12)18-15(20)16(24(2,21)22)8-10-17-11-9-16;/h12-13,17H,3-11H2,1-2H3,(H,18,20);1H. The number of ether oxygens (including phenoxy) is 1. The molecule has 0 aromatic heterocycles. The van der Waals surface area contributed by atoms with Gasteiger partial charge < -0.3 is 15.4 Å². The molecule has 0 atom stereocenters. The second-order valence-electron chi connectivity index (χ2n) is 6.79. The average Bonchev–Trinajstić information content (AvgIpc) is 2.55. The average molecular weight is 397 g/mol. The number of carbonyl (C=O) groups is 2. The molecule has 1 heterocycles. The van der Waals surface area contributed by atoms with Crippen molar-refractivity contribution in [2.45, 2.75) is 56.2 Å². The molecular formula is C16H29ClN2O5S. The van der Waals surface area contributed by atoms with Gasteiger partial charge in [0.2, 0.25) is 5.91 Å². The number of hydrogen-bond acceptors (Lipinski definition) is 6. The molecule has 2 fully saturated rings. The number of rotatable bonds is 5. The summed E-state index contributed by atoms with van der Waals surface area (Å²) in [6, 6.07) is -0.0725. The Bertz CT molecular complexity index is 567. The van der Waals surface area contributed by atoms with Crippen molar-refractivity contribution in [2.24, 2.45) is 5.92 Å². The molecule has 2 N–H and O–H groups in total. The molecule has 25 heavy (non-hydrogen) atoms. The number of esters is 1. The molecule has 0 unspecified atom stereocenters. The van der Waals surface area contributed by atoms with Gasteiger partial charge in [-0.15, -0.1) is 12.4 Å². The maximum atomic E-state index is 12.7. The molecular weight excluding hydrogens is 368 g/mol. The highest BCUT2D eigenvalue weighted by Gasteiger charge is 2.49. The van der Waals surface area contributed by atoms with E-state index in [1.54, 1.807) is 6.92 Å². The van der Waals surface area contributed by atoms with Crippen molar-refractivity contribution < 1.29 is 22.7 Å². The predicted octanol–water partition coefficient (Wildman–Crippen LogP) is 0.813. The Labute approximate surface area is 156 Å². The number of carbonyl (C=O) groups excluding carboxylic acids is 2. The molecule has 0 aromatic rings.